The number of rotatable bonds is 8. The van der Waals surface area contributed by atoms with E-state index >= 15 is 0 Å². The molecule has 1 saturated heterocycles. The van der Waals surface area contributed by atoms with E-state index in [4.69, 9.17) is 22.1 Å². The van der Waals surface area contributed by atoms with Crippen LogP contribution in [0.5, 0.6) is 0 Å². The smallest absolute Gasteiger partial charge is 0.323 e. The maximum absolute atomic E-state index is 13.6. The van der Waals surface area contributed by atoms with Crippen molar-refractivity contribution in [1.82, 2.24) is 19.1 Å². The summed E-state index contributed by atoms with van der Waals surface area (Å²) in [6.45, 7) is 4.09. The van der Waals surface area contributed by atoms with Crippen LogP contribution in [0.25, 0.3) is 10.9 Å². The number of para-hydroxylation sites is 1. The van der Waals surface area contributed by atoms with E-state index in [0.29, 0.717) is 24.8 Å². The summed E-state index contributed by atoms with van der Waals surface area (Å²) < 4.78 is 34.1. The molecule has 1 fully saturated rings. The number of sulfonamides is 1. The fraction of sp³-hybridized carbons (Fsp3) is 0.469. The second-order valence-corrected chi connectivity index (χ2v) is 14.4. The van der Waals surface area contributed by atoms with Crippen LogP contribution in [-0.4, -0.2) is 96.5 Å². The van der Waals surface area contributed by atoms with Crippen molar-refractivity contribution in [2.24, 2.45) is 11.7 Å². The number of likely N-dealkylation sites (N-methyl/N-ethyl adjacent to an activating group) is 1. The number of fused-ring (bicyclic) bond motifs is 3. The summed E-state index contributed by atoms with van der Waals surface area (Å²) in [6, 6.07) is 12.0. The Balaban J connectivity index is 1.43. The number of nitrogens with two attached hydrogens (primary N) is 1. The molecule has 3 aromatic rings. The van der Waals surface area contributed by atoms with Gasteiger partial charge in [-0.2, -0.15) is 4.31 Å². The van der Waals surface area contributed by atoms with E-state index in [0.717, 1.165) is 22.2 Å². The standard InChI is InChI=1S/C32H40ClN5O6S/c1-19(2)28(34)32(41)44-21-13-15-37(16-14-21)45(42,43)22-11-9-20(10-12-22)30-29-24(23-7-5-6-8-25(23)35-29)17-26(31(40)36(3)4)38(30)27(39)18-33/h5-12,19,21,26,28,30,35H,13-18,34H2,1-4H3/t26-,28+,30+/m1/s1. The van der Waals surface area contributed by atoms with Crippen LogP contribution in [0.2, 0.25) is 0 Å². The van der Waals surface area contributed by atoms with Crippen LogP contribution in [0, 0.1) is 5.92 Å². The molecule has 2 aromatic carbocycles. The molecule has 0 saturated carbocycles. The normalized spacial score (nSPS) is 20.2. The van der Waals surface area contributed by atoms with Crippen LogP contribution in [0.15, 0.2) is 53.4 Å². The first-order valence-electron chi connectivity index (χ1n) is 15.1. The van der Waals surface area contributed by atoms with Crippen molar-refractivity contribution in [1.29, 1.82) is 0 Å². The Hall–Kier alpha value is -3.45. The summed E-state index contributed by atoms with van der Waals surface area (Å²) in [5.74, 6) is -1.48. The van der Waals surface area contributed by atoms with Crippen molar-refractivity contribution < 1.29 is 27.5 Å². The number of hydrogen-bond acceptors (Lipinski definition) is 7. The quantitative estimate of drug-likeness (QED) is 0.280. The van der Waals surface area contributed by atoms with Gasteiger partial charge in [0.1, 0.15) is 24.1 Å². The number of nitrogens with zero attached hydrogens (tertiary/aromatic N) is 3. The number of halogens is 1. The highest BCUT2D eigenvalue weighted by atomic mass is 35.5. The van der Waals surface area contributed by atoms with Crippen LogP contribution < -0.4 is 5.73 Å². The molecule has 13 heteroatoms. The molecule has 2 aliphatic heterocycles. The van der Waals surface area contributed by atoms with Crippen molar-refractivity contribution in [2.45, 2.75) is 62.2 Å². The van der Waals surface area contributed by atoms with E-state index in [1.807, 2.05) is 38.1 Å². The topological polar surface area (TPSA) is 146 Å². The first-order valence-corrected chi connectivity index (χ1v) is 17.1. The lowest BCUT2D eigenvalue weighted by Gasteiger charge is -2.42. The van der Waals surface area contributed by atoms with Crippen LogP contribution in [0.1, 0.15) is 49.6 Å². The number of aromatic amines is 1. The van der Waals surface area contributed by atoms with Crippen molar-refractivity contribution in [3.05, 3.63) is 65.4 Å². The number of alkyl halides is 1. The Morgan fingerprint density at radius 3 is 2.31 bits per heavy atom. The van der Waals surface area contributed by atoms with Gasteiger partial charge in [0.25, 0.3) is 0 Å². The molecule has 3 atom stereocenters. The molecule has 3 heterocycles. The molecule has 2 amide bonds. The third kappa shape index (κ3) is 6.33. The summed E-state index contributed by atoms with van der Waals surface area (Å²) >= 11 is 6.09. The van der Waals surface area contributed by atoms with E-state index in [2.05, 4.69) is 4.98 Å². The van der Waals surface area contributed by atoms with E-state index in [9.17, 15) is 22.8 Å². The molecule has 0 unspecified atom stereocenters. The van der Waals surface area contributed by atoms with Gasteiger partial charge in [-0.25, -0.2) is 8.42 Å². The van der Waals surface area contributed by atoms with Crippen molar-refractivity contribution in [2.75, 3.05) is 33.1 Å². The molecule has 0 bridgehead atoms. The average Bonchev–Trinajstić information content (AvgIpc) is 3.41. The van der Waals surface area contributed by atoms with Gasteiger partial charge in [0.15, 0.2) is 0 Å². The molecule has 11 nitrogen and oxygen atoms in total. The molecule has 0 spiro atoms. The maximum Gasteiger partial charge on any atom is 0.323 e. The number of aromatic nitrogens is 1. The van der Waals surface area contributed by atoms with Gasteiger partial charge < -0.3 is 25.3 Å². The highest BCUT2D eigenvalue weighted by Gasteiger charge is 2.44. The first kappa shape index (κ1) is 32.9. The summed E-state index contributed by atoms with van der Waals surface area (Å²) in [6.07, 6.45) is 0.666. The van der Waals surface area contributed by atoms with Gasteiger partial charge in [0.05, 0.1) is 10.9 Å². The minimum atomic E-state index is -3.84. The molecule has 45 heavy (non-hydrogen) atoms. The Bertz CT molecular complexity index is 1680. The zero-order valence-electron chi connectivity index (χ0n) is 25.9. The van der Waals surface area contributed by atoms with Gasteiger partial charge in [-0.15, -0.1) is 11.6 Å². The van der Waals surface area contributed by atoms with Gasteiger partial charge in [-0.3, -0.25) is 14.4 Å². The second-order valence-electron chi connectivity index (χ2n) is 12.2. The van der Waals surface area contributed by atoms with Crippen LogP contribution in [-0.2, 0) is 35.6 Å². The number of esters is 1. The third-order valence-corrected chi connectivity index (χ3v) is 10.9. The van der Waals surface area contributed by atoms with E-state index in [1.54, 1.807) is 26.2 Å². The Kier molecular flexibility index (Phi) is 9.60. The molecular formula is C32H40ClN5O6S. The molecule has 0 aliphatic carbocycles. The highest BCUT2D eigenvalue weighted by Crippen LogP contribution is 2.41. The minimum absolute atomic E-state index is 0.0586. The molecule has 3 N–H and O–H groups in total. The minimum Gasteiger partial charge on any atom is -0.461 e. The lowest BCUT2D eigenvalue weighted by molar-refractivity contribution is -0.153. The van der Waals surface area contributed by atoms with E-state index < -0.39 is 46.1 Å². The van der Waals surface area contributed by atoms with E-state index in [-0.39, 0.29) is 35.7 Å². The molecule has 5 rings (SSSR count). The number of carbonyl (C=O) groups excluding carboxylic acids is 3. The number of ether oxygens (including phenoxy) is 1. The summed E-state index contributed by atoms with van der Waals surface area (Å²) in [7, 11) is -0.542. The predicted molar refractivity (Wildman–Crippen MR) is 171 cm³/mol. The summed E-state index contributed by atoms with van der Waals surface area (Å²) in [4.78, 5) is 45.7. The lowest BCUT2D eigenvalue weighted by atomic mass is 9.87. The highest BCUT2D eigenvalue weighted by molar-refractivity contribution is 7.89. The molecule has 1 aromatic heterocycles. The van der Waals surface area contributed by atoms with Gasteiger partial charge in [-0.1, -0.05) is 44.2 Å². The van der Waals surface area contributed by atoms with Crippen molar-refractivity contribution >= 4 is 50.3 Å². The zero-order valence-corrected chi connectivity index (χ0v) is 27.5. The third-order valence-electron chi connectivity index (χ3n) is 8.77. The van der Waals surface area contributed by atoms with Gasteiger partial charge in [0, 0.05) is 50.2 Å². The fourth-order valence-corrected chi connectivity index (χ4v) is 7.79. The Morgan fingerprint density at radius 1 is 1.07 bits per heavy atom. The van der Waals surface area contributed by atoms with Crippen molar-refractivity contribution in [3.63, 3.8) is 0 Å². The largest absolute Gasteiger partial charge is 0.461 e. The van der Waals surface area contributed by atoms with E-state index in [1.165, 1.54) is 26.2 Å². The summed E-state index contributed by atoms with van der Waals surface area (Å²) in [5, 5.41) is 0.964. The molecule has 0 radical (unpaired) electrons. The molecule has 2 aliphatic rings. The fourth-order valence-electron chi connectivity index (χ4n) is 6.18. The molecular weight excluding hydrogens is 618 g/mol. The van der Waals surface area contributed by atoms with Gasteiger partial charge in [-0.05, 0) is 48.1 Å². The van der Waals surface area contributed by atoms with Crippen LogP contribution in [0.4, 0.5) is 0 Å². The molecule has 242 valence electrons. The second kappa shape index (κ2) is 13.1. The first-order chi connectivity index (χ1) is 21.3. The number of nitrogens with one attached hydrogen (secondary N) is 1. The number of benzene rings is 2. The van der Waals surface area contributed by atoms with Gasteiger partial charge in [0.2, 0.25) is 21.8 Å². The average molecular weight is 658 g/mol. The SMILES string of the molecule is CC(C)[C@H](N)C(=O)OC1CCN(S(=O)(=O)c2ccc([C@H]3c4[nH]c5ccccc5c4C[C@H](C(=O)N(C)C)N3C(=O)CCl)cc2)CC1. The predicted octanol–water partition coefficient (Wildman–Crippen LogP) is 3.02. The van der Waals surface area contributed by atoms with Crippen LogP contribution >= 0.6 is 11.6 Å². The van der Waals surface area contributed by atoms with Gasteiger partial charge >= 0.3 is 5.97 Å². The zero-order chi connectivity index (χ0) is 32.6. The lowest BCUT2D eigenvalue weighted by Crippen LogP contribution is -2.54. The number of piperidine rings is 1. The van der Waals surface area contributed by atoms with Crippen molar-refractivity contribution in [3.8, 4) is 0 Å². The summed E-state index contributed by atoms with van der Waals surface area (Å²) in [5.41, 5.74) is 9.12. The Morgan fingerprint density at radius 2 is 1.71 bits per heavy atom. The van der Waals surface area contributed by atoms with Crippen LogP contribution in [0.3, 0.4) is 0 Å². The monoisotopic (exact) mass is 657 g/mol. The number of carbonyl (C=O) groups is 3. The number of H-pyrrole nitrogens is 1. The maximum atomic E-state index is 13.6. The Labute approximate surface area is 268 Å². The number of amides is 2. The number of hydrogen-bond donors (Lipinski definition) is 2.